The van der Waals surface area contributed by atoms with Gasteiger partial charge in [0.05, 0.1) is 13.0 Å². The Morgan fingerprint density at radius 2 is 1.77 bits per heavy atom. The third-order valence-electron chi connectivity index (χ3n) is 4.33. The number of benzene rings is 2. The van der Waals surface area contributed by atoms with E-state index in [2.05, 4.69) is 5.32 Å². The molecule has 1 amide bonds. The molecule has 1 atom stereocenters. The van der Waals surface area contributed by atoms with Gasteiger partial charge in [0.15, 0.2) is 0 Å². The van der Waals surface area contributed by atoms with Gasteiger partial charge < -0.3 is 14.8 Å². The summed E-state index contributed by atoms with van der Waals surface area (Å²) in [6.07, 6.45) is 0.730. The number of aryl methyl sites for hydroxylation is 1. The lowest BCUT2D eigenvalue weighted by atomic mass is 9.99. The average Bonchev–Trinajstić information content (AvgIpc) is 2.65. The molecule has 0 aromatic heterocycles. The Kier molecular flexibility index (Phi) is 8.39. The van der Waals surface area contributed by atoms with Gasteiger partial charge in [-0.05, 0) is 69.4 Å². The van der Waals surface area contributed by atoms with Crippen molar-refractivity contribution in [1.82, 2.24) is 5.32 Å². The minimum absolute atomic E-state index is 0.0778. The van der Waals surface area contributed by atoms with Crippen molar-refractivity contribution in [2.24, 2.45) is 0 Å². The number of nitrogens with one attached hydrogen (secondary N) is 1. The summed E-state index contributed by atoms with van der Waals surface area (Å²) < 4.78 is 23.7. The van der Waals surface area contributed by atoms with E-state index in [4.69, 9.17) is 9.47 Å². The van der Waals surface area contributed by atoms with Crippen molar-refractivity contribution in [2.45, 2.75) is 58.6 Å². The van der Waals surface area contributed by atoms with Crippen LogP contribution in [0.25, 0.3) is 11.1 Å². The summed E-state index contributed by atoms with van der Waals surface area (Å²) in [7, 11) is 0. The van der Waals surface area contributed by atoms with Gasteiger partial charge in [-0.15, -0.1) is 0 Å². The second-order valence-corrected chi connectivity index (χ2v) is 8.10. The molecule has 6 heteroatoms. The minimum atomic E-state index is -0.620. The molecule has 162 valence electrons. The van der Waals surface area contributed by atoms with Crippen LogP contribution in [0.2, 0.25) is 0 Å². The van der Waals surface area contributed by atoms with Gasteiger partial charge in [0.25, 0.3) is 0 Å². The number of alkyl carbamates (subject to hydrolysis) is 1. The molecule has 1 N–H and O–H groups in total. The Balaban J connectivity index is 2.00. The van der Waals surface area contributed by atoms with Gasteiger partial charge in [-0.25, -0.2) is 9.18 Å². The summed E-state index contributed by atoms with van der Waals surface area (Å²) in [4.78, 5) is 24.0. The van der Waals surface area contributed by atoms with Gasteiger partial charge in [-0.2, -0.15) is 0 Å². The number of amides is 1. The molecule has 0 aliphatic rings. The summed E-state index contributed by atoms with van der Waals surface area (Å²) in [5.41, 5.74) is 2.17. The summed E-state index contributed by atoms with van der Waals surface area (Å²) >= 11 is 0. The van der Waals surface area contributed by atoms with Crippen LogP contribution in [0, 0.1) is 5.82 Å². The first kappa shape index (κ1) is 23.4. The zero-order valence-corrected chi connectivity index (χ0v) is 18.0. The maximum absolute atomic E-state index is 13.4. The van der Waals surface area contributed by atoms with E-state index < -0.39 is 17.7 Å². The van der Waals surface area contributed by atoms with E-state index in [1.807, 2.05) is 30.3 Å². The summed E-state index contributed by atoms with van der Waals surface area (Å²) in [5.74, 6) is -0.633. The van der Waals surface area contributed by atoms with Crippen LogP contribution in [0.3, 0.4) is 0 Å². The maximum Gasteiger partial charge on any atom is 0.407 e. The largest absolute Gasteiger partial charge is 0.466 e. The van der Waals surface area contributed by atoms with Gasteiger partial charge in [0.1, 0.15) is 11.4 Å². The topological polar surface area (TPSA) is 64.6 Å². The lowest BCUT2D eigenvalue weighted by molar-refractivity contribution is -0.143. The van der Waals surface area contributed by atoms with Crippen LogP contribution in [0.1, 0.15) is 46.1 Å². The fourth-order valence-electron chi connectivity index (χ4n) is 2.99. The smallest absolute Gasteiger partial charge is 0.407 e. The zero-order chi connectivity index (χ0) is 22.1. The van der Waals surface area contributed by atoms with Gasteiger partial charge in [-0.1, -0.05) is 36.4 Å². The highest BCUT2D eigenvalue weighted by Gasteiger charge is 2.22. The van der Waals surface area contributed by atoms with E-state index in [1.165, 1.54) is 12.1 Å². The molecule has 0 heterocycles. The number of hydrogen-bond acceptors (Lipinski definition) is 4. The molecule has 0 spiro atoms. The molecule has 30 heavy (non-hydrogen) atoms. The summed E-state index contributed by atoms with van der Waals surface area (Å²) in [5, 5.41) is 2.77. The van der Waals surface area contributed by atoms with Gasteiger partial charge in [0, 0.05) is 6.04 Å². The third-order valence-corrected chi connectivity index (χ3v) is 4.33. The summed E-state index contributed by atoms with van der Waals surface area (Å²) in [6, 6.07) is 13.9. The van der Waals surface area contributed by atoms with Crippen molar-refractivity contribution in [3.63, 3.8) is 0 Å². The molecule has 0 radical (unpaired) electrons. The highest BCUT2D eigenvalue weighted by molar-refractivity contribution is 5.73. The monoisotopic (exact) mass is 415 g/mol. The average molecular weight is 416 g/mol. The predicted octanol–water partition coefficient (Wildman–Crippen LogP) is 5.27. The van der Waals surface area contributed by atoms with Crippen molar-refractivity contribution < 1.29 is 23.5 Å². The van der Waals surface area contributed by atoms with E-state index >= 15 is 0 Å². The molecular formula is C24H30FNO4. The van der Waals surface area contributed by atoms with Crippen molar-refractivity contribution in [2.75, 3.05) is 6.61 Å². The van der Waals surface area contributed by atoms with E-state index in [-0.39, 0.29) is 18.2 Å². The SMILES string of the molecule is CCOC(=O)C[C@@H](CCc1ccc(-c2cccc(F)c2)cc1)NC(=O)OC(C)(C)C. The van der Waals surface area contributed by atoms with Crippen LogP contribution in [-0.2, 0) is 20.7 Å². The van der Waals surface area contributed by atoms with Crippen LogP contribution in [0.15, 0.2) is 48.5 Å². The van der Waals surface area contributed by atoms with Crippen molar-refractivity contribution in [1.29, 1.82) is 0 Å². The lowest BCUT2D eigenvalue weighted by Gasteiger charge is -2.23. The lowest BCUT2D eigenvalue weighted by Crippen LogP contribution is -2.40. The minimum Gasteiger partial charge on any atom is -0.466 e. The number of halogens is 1. The van der Waals surface area contributed by atoms with Crippen LogP contribution in [-0.4, -0.2) is 30.3 Å². The maximum atomic E-state index is 13.4. The zero-order valence-electron chi connectivity index (χ0n) is 18.0. The first-order valence-electron chi connectivity index (χ1n) is 10.2. The first-order chi connectivity index (χ1) is 14.2. The molecule has 0 saturated carbocycles. The van der Waals surface area contributed by atoms with E-state index in [9.17, 15) is 14.0 Å². The third kappa shape index (κ3) is 8.23. The quantitative estimate of drug-likeness (QED) is 0.597. The number of carbonyl (C=O) groups is 2. The normalized spacial score (nSPS) is 12.2. The van der Waals surface area contributed by atoms with E-state index in [1.54, 1.807) is 33.8 Å². The molecule has 0 bridgehead atoms. The number of esters is 1. The van der Waals surface area contributed by atoms with Crippen LogP contribution >= 0.6 is 0 Å². The van der Waals surface area contributed by atoms with Crippen LogP contribution in [0.4, 0.5) is 9.18 Å². The Hall–Kier alpha value is -2.89. The molecular weight excluding hydrogens is 385 g/mol. The molecule has 2 aromatic rings. The molecule has 0 aliphatic carbocycles. The fraction of sp³-hybridized carbons (Fsp3) is 0.417. The molecule has 0 fully saturated rings. The number of rotatable bonds is 8. The van der Waals surface area contributed by atoms with Crippen molar-refractivity contribution >= 4 is 12.1 Å². The van der Waals surface area contributed by atoms with Crippen molar-refractivity contribution in [3.8, 4) is 11.1 Å². The van der Waals surface area contributed by atoms with Gasteiger partial charge in [-0.3, -0.25) is 4.79 Å². The predicted molar refractivity (Wildman–Crippen MR) is 115 cm³/mol. The second kappa shape index (κ2) is 10.8. The second-order valence-electron chi connectivity index (χ2n) is 8.10. The molecule has 2 rings (SSSR count). The van der Waals surface area contributed by atoms with E-state index in [0.29, 0.717) is 19.4 Å². The van der Waals surface area contributed by atoms with E-state index in [0.717, 1.165) is 16.7 Å². The van der Waals surface area contributed by atoms with Crippen LogP contribution < -0.4 is 5.32 Å². The summed E-state index contributed by atoms with van der Waals surface area (Å²) in [6.45, 7) is 7.39. The first-order valence-corrected chi connectivity index (χ1v) is 10.2. The highest BCUT2D eigenvalue weighted by atomic mass is 19.1. The standard InChI is InChI=1S/C24H30FNO4/c1-5-29-22(27)16-21(26-23(28)30-24(2,3)4)14-11-17-9-12-18(13-10-17)19-7-6-8-20(25)15-19/h6-10,12-13,15,21H,5,11,14,16H2,1-4H3,(H,26,28)/t21-/m1/s1. The Morgan fingerprint density at radius 3 is 2.37 bits per heavy atom. The Bertz CT molecular complexity index is 843. The molecule has 0 unspecified atom stereocenters. The molecule has 5 nitrogen and oxygen atoms in total. The number of hydrogen-bond donors (Lipinski definition) is 1. The molecule has 0 aliphatic heterocycles. The Morgan fingerprint density at radius 1 is 1.07 bits per heavy atom. The number of carbonyl (C=O) groups excluding carboxylic acids is 2. The van der Waals surface area contributed by atoms with Crippen LogP contribution in [0.5, 0.6) is 0 Å². The number of ether oxygens (including phenoxy) is 2. The molecule has 0 saturated heterocycles. The fourth-order valence-corrected chi connectivity index (χ4v) is 2.99. The van der Waals surface area contributed by atoms with Crippen molar-refractivity contribution in [3.05, 3.63) is 59.9 Å². The van der Waals surface area contributed by atoms with Gasteiger partial charge in [0.2, 0.25) is 0 Å². The van der Waals surface area contributed by atoms with Gasteiger partial charge >= 0.3 is 12.1 Å². The highest BCUT2D eigenvalue weighted by Crippen LogP contribution is 2.21. The Labute approximate surface area is 177 Å². The molecule has 2 aromatic carbocycles.